The lowest BCUT2D eigenvalue weighted by molar-refractivity contribution is 0.516. The van der Waals surface area contributed by atoms with Gasteiger partial charge in [0.2, 0.25) is 0 Å². The third-order valence-corrected chi connectivity index (χ3v) is 9.62. The second-order valence-electron chi connectivity index (χ2n) is 10.1. The van der Waals surface area contributed by atoms with E-state index >= 15 is 0 Å². The highest BCUT2D eigenvalue weighted by Crippen LogP contribution is 2.35. The molecule has 3 N–H and O–H groups in total. The van der Waals surface area contributed by atoms with Gasteiger partial charge in [0, 0.05) is 29.7 Å². The summed E-state index contributed by atoms with van der Waals surface area (Å²) in [7, 11) is 0. The van der Waals surface area contributed by atoms with Crippen LogP contribution in [-0.2, 0) is 35.1 Å². The lowest BCUT2D eigenvalue weighted by Crippen LogP contribution is -2.27. The molecule has 38 heavy (non-hydrogen) atoms. The molecule has 0 spiro atoms. The van der Waals surface area contributed by atoms with E-state index in [9.17, 15) is 17.5 Å². The summed E-state index contributed by atoms with van der Waals surface area (Å²) >= 11 is -4.05. The molecule has 0 aliphatic carbocycles. The standard InChI is InChI=1S/C30H34N2O4S2/c1-21(27-13-8-16-31-27)26-19-32(20-30(38(35)36)24-11-6-3-7-12-24)28-15-14-22(17-25(26)28)18-29(37(33)34)23-9-4-2-5-10-23/h2-7,9-12,14-15,17,19,21,27,29-31H,8,13,16,18,20H2,1H3,(H,33,34)(H,35,36). The molecule has 8 heteroatoms. The van der Waals surface area contributed by atoms with Crippen LogP contribution >= 0.6 is 0 Å². The smallest absolute Gasteiger partial charge is 0.162 e. The zero-order chi connectivity index (χ0) is 26.6. The van der Waals surface area contributed by atoms with Crippen molar-refractivity contribution in [3.8, 4) is 0 Å². The maximum Gasteiger partial charge on any atom is 0.162 e. The Morgan fingerprint density at radius 1 is 0.921 bits per heavy atom. The topological polar surface area (TPSA) is 91.6 Å². The van der Waals surface area contributed by atoms with Crippen LogP contribution in [0.5, 0.6) is 0 Å². The van der Waals surface area contributed by atoms with Gasteiger partial charge in [0.1, 0.15) is 5.25 Å². The van der Waals surface area contributed by atoms with E-state index in [1.54, 1.807) is 0 Å². The van der Waals surface area contributed by atoms with Gasteiger partial charge in [0.05, 0.1) is 5.25 Å². The molecular weight excluding hydrogens is 516 g/mol. The normalized spacial score (nSPS) is 19.7. The van der Waals surface area contributed by atoms with E-state index in [4.69, 9.17) is 0 Å². The van der Waals surface area contributed by atoms with E-state index in [0.717, 1.165) is 47.0 Å². The minimum atomic E-state index is -2.03. The van der Waals surface area contributed by atoms with Crippen LogP contribution in [0.4, 0.5) is 0 Å². The quantitative estimate of drug-likeness (QED) is 0.212. The van der Waals surface area contributed by atoms with Crippen LogP contribution in [-0.4, -0.2) is 34.7 Å². The monoisotopic (exact) mass is 550 g/mol. The van der Waals surface area contributed by atoms with E-state index in [1.165, 1.54) is 5.56 Å². The van der Waals surface area contributed by atoms with Crippen LogP contribution in [0.15, 0.2) is 85.1 Å². The van der Waals surface area contributed by atoms with Crippen molar-refractivity contribution in [2.75, 3.05) is 6.54 Å². The molecule has 2 heterocycles. The second-order valence-corrected chi connectivity index (χ2v) is 12.4. The number of nitrogens with zero attached hydrogens (tertiary/aromatic N) is 1. The molecule has 1 aromatic heterocycles. The molecular formula is C30H34N2O4S2. The highest BCUT2D eigenvalue weighted by Gasteiger charge is 2.27. The Morgan fingerprint density at radius 3 is 2.13 bits per heavy atom. The van der Waals surface area contributed by atoms with E-state index in [2.05, 4.69) is 29.1 Å². The van der Waals surface area contributed by atoms with Crippen molar-refractivity contribution in [2.24, 2.45) is 0 Å². The maximum atomic E-state index is 12.4. The molecule has 0 radical (unpaired) electrons. The van der Waals surface area contributed by atoms with E-state index in [0.29, 0.717) is 19.0 Å². The van der Waals surface area contributed by atoms with Crippen LogP contribution < -0.4 is 5.32 Å². The van der Waals surface area contributed by atoms with Gasteiger partial charge >= 0.3 is 0 Å². The van der Waals surface area contributed by atoms with Crippen molar-refractivity contribution in [3.63, 3.8) is 0 Å². The molecule has 200 valence electrons. The van der Waals surface area contributed by atoms with E-state index in [-0.39, 0.29) is 5.92 Å². The summed E-state index contributed by atoms with van der Waals surface area (Å²) in [5.41, 5.74) is 4.85. The van der Waals surface area contributed by atoms with E-state index in [1.807, 2.05) is 72.8 Å². The largest absolute Gasteiger partial charge is 0.346 e. The number of rotatable bonds is 10. The maximum absolute atomic E-state index is 12.4. The summed E-state index contributed by atoms with van der Waals surface area (Å²) in [4.78, 5) is 0. The highest BCUT2D eigenvalue weighted by atomic mass is 32.2. The molecule has 6 unspecified atom stereocenters. The predicted octanol–water partition coefficient (Wildman–Crippen LogP) is 5.97. The van der Waals surface area contributed by atoms with Crippen molar-refractivity contribution in [1.82, 2.24) is 9.88 Å². The molecule has 1 saturated heterocycles. The predicted molar refractivity (Wildman–Crippen MR) is 155 cm³/mol. The third kappa shape index (κ3) is 5.84. The van der Waals surface area contributed by atoms with Gasteiger partial charge in [-0.25, -0.2) is 8.42 Å². The summed E-state index contributed by atoms with van der Waals surface area (Å²) in [6.07, 6.45) is 4.85. The summed E-state index contributed by atoms with van der Waals surface area (Å²) in [6.45, 7) is 3.63. The minimum absolute atomic E-state index is 0.253. The van der Waals surface area contributed by atoms with Crippen molar-refractivity contribution >= 4 is 33.1 Å². The number of fused-ring (bicyclic) bond motifs is 1. The molecule has 5 rings (SSSR count). The van der Waals surface area contributed by atoms with Crippen LogP contribution in [0.2, 0.25) is 0 Å². The Hall–Kier alpha value is -2.62. The van der Waals surface area contributed by atoms with Gasteiger partial charge in [0.25, 0.3) is 0 Å². The fourth-order valence-electron chi connectivity index (χ4n) is 5.69. The molecule has 4 aromatic rings. The number of hydrogen-bond acceptors (Lipinski definition) is 3. The van der Waals surface area contributed by atoms with Gasteiger partial charge < -0.3 is 19.0 Å². The van der Waals surface area contributed by atoms with Crippen molar-refractivity contribution in [3.05, 3.63) is 107 Å². The Labute approximate surface area is 229 Å². The lowest BCUT2D eigenvalue weighted by Gasteiger charge is -2.19. The van der Waals surface area contributed by atoms with Crippen molar-refractivity contribution in [1.29, 1.82) is 0 Å². The summed E-state index contributed by atoms with van der Waals surface area (Å²) in [6, 6.07) is 25.5. The molecule has 6 nitrogen and oxygen atoms in total. The number of benzene rings is 3. The van der Waals surface area contributed by atoms with Gasteiger partial charge in [-0.05, 0) is 66.1 Å². The van der Waals surface area contributed by atoms with Gasteiger partial charge in [-0.15, -0.1) is 0 Å². The Balaban J connectivity index is 1.55. The zero-order valence-electron chi connectivity index (χ0n) is 21.4. The summed E-state index contributed by atoms with van der Waals surface area (Å²) in [5.74, 6) is 0.253. The fourth-order valence-corrected chi connectivity index (χ4v) is 7.09. The molecule has 1 aliphatic rings. The molecule has 1 fully saturated rings. The zero-order valence-corrected chi connectivity index (χ0v) is 23.0. The summed E-state index contributed by atoms with van der Waals surface area (Å²) < 4.78 is 47.1. The highest BCUT2D eigenvalue weighted by molar-refractivity contribution is 7.79. The first-order chi connectivity index (χ1) is 18.4. The average molecular weight is 551 g/mol. The number of nitrogens with one attached hydrogen (secondary N) is 1. The van der Waals surface area contributed by atoms with Crippen molar-refractivity contribution < 1.29 is 17.5 Å². The molecule has 0 saturated carbocycles. The first-order valence-electron chi connectivity index (χ1n) is 13.1. The minimum Gasteiger partial charge on any atom is -0.346 e. The van der Waals surface area contributed by atoms with Gasteiger partial charge in [-0.1, -0.05) is 73.7 Å². The van der Waals surface area contributed by atoms with Gasteiger partial charge in [0.15, 0.2) is 22.2 Å². The molecule has 1 aliphatic heterocycles. The Morgan fingerprint density at radius 2 is 1.55 bits per heavy atom. The van der Waals surface area contributed by atoms with Crippen LogP contribution in [0.25, 0.3) is 10.9 Å². The summed E-state index contributed by atoms with van der Waals surface area (Å²) in [5, 5.41) is 3.64. The Kier molecular flexibility index (Phi) is 8.55. The number of hydrogen-bond donors (Lipinski definition) is 3. The van der Waals surface area contributed by atoms with Gasteiger partial charge in [-0.3, -0.25) is 0 Å². The third-order valence-electron chi connectivity index (χ3n) is 7.78. The number of aromatic nitrogens is 1. The molecule has 6 atom stereocenters. The Bertz CT molecular complexity index is 1420. The molecule has 0 bridgehead atoms. The SMILES string of the molecule is CC(c1cn(CC(c2ccccc2)S(=O)O)c2ccc(CC(c3ccccc3)S(=O)O)cc12)C1CCCN1. The van der Waals surface area contributed by atoms with Crippen LogP contribution in [0.3, 0.4) is 0 Å². The van der Waals surface area contributed by atoms with Crippen LogP contribution in [0, 0.1) is 0 Å². The van der Waals surface area contributed by atoms with Crippen LogP contribution in [0.1, 0.15) is 58.4 Å². The first kappa shape index (κ1) is 27.0. The van der Waals surface area contributed by atoms with E-state index < -0.39 is 32.7 Å². The molecule has 0 amide bonds. The first-order valence-corrected chi connectivity index (χ1v) is 15.4. The molecule has 3 aromatic carbocycles. The lowest BCUT2D eigenvalue weighted by atomic mass is 9.91. The average Bonchev–Trinajstić information content (AvgIpc) is 3.59. The van der Waals surface area contributed by atoms with Crippen molar-refractivity contribution in [2.45, 2.75) is 55.2 Å². The second kappa shape index (κ2) is 12.1. The van der Waals surface area contributed by atoms with Gasteiger partial charge in [-0.2, -0.15) is 0 Å². The fraction of sp³-hybridized carbons (Fsp3) is 0.333.